The summed E-state index contributed by atoms with van der Waals surface area (Å²) >= 11 is 1.54. The first-order valence-corrected chi connectivity index (χ1v) is 6.83. The van der Waals surface area contributed by atoms with E-state index in [1.54, 1.807) is 6.07 Å². The van der Waals surface area contributed by atoms with Crippen molar-refractivity contribution in [2.24, 2.45) is 0 Å². The largest absolute Gasteiger partial charge is 0.396 e. The van der Waals surface area contributed by atoms with Gasteiger partial charge in [0.2, 0.25) is 0 Å². The second kappa shape index (κ2) is 6.64. The molecule has 4 heteroatoms. The van der Waals surface area contributed by atoms with Gasteiger partial charge in [0.1, 0.15) is 5.82 Å². The molecule has 0 saturated heterocycles. The second-order valence-corrected chi connectivity index (χ2v) is 4.99. The number of aliphatic hydroxyl groups excluding tert-OH is 1. The lowest BCUT2D eigenvalue weighted by atomic mass is 10.1. The van der Waals surface area contributed by atoms with Crippen LogP contribution < -0.4 is 5.32 Å². The van der Waals surface area contributed by atoms with Gasteiger partial charge in [0.05, 0.1) is 0 Å². The molecule has 0 bridgehead atoms. The highest BCUT2D eigenvalue weighted by Gasteiger charge is 2.06. The highest BCUT2D eigenvalue weighted by Crippen LogP contribution is 2.28. The summed E-state index contributed by atoms with van der Waals surface area (Å²) in [5.74, 6) is -0.184. The number of nitrogens with one attached hydrogen (secondary N) is 1. The van der Waals surface area contributed by atoms with E-state index < -0.39 is 0 Å². The number of hydrogen-bond acceptors (Lipinski definition) is 3. The van der Waals surface area contributed by atoms with Gasteiger partial charge in [0.15, 0.2) is 0 Å². The summed E-state index contributed by atoms with van der Waals surface area (Å²) in [5, 5.41) is 13.8. The van der Waals surface area contributed by atoms with Gasteiger partial charge in [-0.2, -0.15) is 0 Å². The molecular weight excluding hydrogens is 249 g/mol. The summed E-state index contributed by atoms with van der Waals surface area (Å²) < 4.78 is 13.7. The summed E-state index contributed by atoms with van der Waals surface area (Å²) in [4.78, 5) is 0.949. The lowest BCUT2D eigenvalue weighted by molar-refractivity contribution is 0.286. The van der Waals surface area contributed by atoms with Crippen LogP contribution in [0, 0.1) is 5.82 Å². The first-order valence-electron chi connectivity index (χ1n) is 5.95. The van der Waals surface area contributed by atoms with Crippen molar-refractivity contribution in [3.05, 3.63) is 47.1 Å². The summed E-state index contributed by atoms with van der Waals surface area (Å²) in [6.45, 7) is 1.65. The van der Waals surface area contributed by atoms with Crippen LogP contribution in [0.1, 0.15) is 12.0 Å². The van der Waals surface area contributed by atoms with E-state index in [9.17, 15) is 4.39 Å². The van der Waals surface area contributed by atoms with Gasteiger partial charge in [-0.3, -0.25) is 0 Å². The van der Waals surface area contributed by atoms with Gasteiger partial charge in [-0.25, -0.2) is 4.39 Å². The van der Waals surface area contributed by atoms with Crippen LogP contribution in [0.2, 0.25) is 0 Å². The SMILES string of the molecule is OCCCNCc1ccc(F)c(-c2cccs2)c1. The smallest absolute Gasteiger partial charge is 0.131 e. The summed E-state index contributed by atoms with van der Waals surface area (Å²) in [7, 11) is 0. The van der Waals surface area contributed by atoms with E-state index >= 15 is 0 Å². The van der Waals surface area contributed by atoms with Crippen LogP contribution in [-0.4, -0.2) is 18.3 Å². The fourth-order valence-electron chi connectivity index (χ4n) is 1.74. The van der Waals surface area contributed by atoms with Crippen LogP contribution in [-0.2, 0) is 6.54 Å². The average Bonchev–Trinajstić information content (AvgIpc) is 2.90. The highest BCUT2D eigenvalue weighted by molar-refractivity contribution is 7.13. The minimum Gasteiger partial charge on any atom is -0.396 e. The number of thiophene rings is 1. The maximum atomic E-state index is 13.7. The fraction of sp³-hybridized carbons (Fsp3) is 0.286. The molecule has 18 heavy (non-hydrogen) atoms. The summed E-state index contributed by atoms with van der Waals surface area (Å²) in [6.07, 6.45) is 0.735. The molecule has 96 valence electrons. The van der Waals surface area contributed by atoms with Crippen LogP contribution in [0.5, 0.6) is 0 Å². The topological polar surface area (TPSA) is 32.3 Å². The third kappa shape index (κ3) is 3.38. The molecule has 2 aromatic rings. The van der Waals surface area contributed by atoms with E-state index in [1.807, 2.05) is 23.6 Å². The zero-order chi connectivity index (χ0) is 12.8. The predicted octanol–water partition coefficient (Wildman–Crippen LogP) is 3.03. The Hall–Kier alpha value is -1.23. The molecule has 0 aliphatic rings. The Morgan fingerprint density at radius 1 is 1.28 bits per heavy atom. The molecule has 2 rings (SSSR count). The first-order chi connectivity index (χ1) is 8.81. The van der Waals surface area contributed by atoms with E-state index in [0.29, 0.717) is 12.1 Å². The molecule has 0 unspecified atom stereocenters. The zero-order valence-corrected chi connectivity index (χ0v) is 10.8. The number of rotatable bonds is 6. The number of halogens is 1. The molecule has 1 aromatic heterocycles. The monoisotopic (exact) mass is 265 g/mol. The number of hydrogen-bond donors (Lipinski definition) is 2. The third-order valence-electron chi connectivity index (χ3n) is 2.66. The Morgan fingerprint density at radius 3 is 2.89 bits per heavy atom. The molecule has 0 amide bonds. The molecule has 1 aromatic carbocycles. The fourth-order valence-corrected chi connectivity index (χ4v) is 2.48. The lowest BCUT2D eigenvalue weighted by Gasteiger charge is -2.07. The molecule has 0 saturated carbocycles. The van der Waals surface area contributed by atoms with Crippen LogP contribution in [0.3, 0.4) is 0 Å². The Kier molecular flexibility index (Phi) is 4.87. The summed E-state index contributed by atoms with van der Waals surface area (Å²) in [6, 6.07) is 9.03. The van der Waals surface area contributed by atoms with Gasteiger partial charge >= 0.3 is 0 Å². The average molecular weight is 265 g/mol. The minimum atomic E-state index is -0.184. The molecule has 0 spiro atoms. The molecule has 0 fully saturated rings. The molecule has 0 radical (unpaired) electrons. The van der Waals surface area contributed by atoms with Crippen LogP contribution in [0.15, 0.2) is 35.7 Å². The Bertz CT molecular complexity index is 485. The Balaban J connectivity index is 2.07. The minimum absolute atomic E-state index is 0.184. The molecule has 0 aliphatic carbocycles. The standard InChI is InChI=1S/C14H16FNOS/c15-13-5-4-11(10-16-6-2-7-17)9-12(13)14-3-1-8-18-14/h1,3-5,8-9,16-17H,2,6-7,10H2. The van der Waals surface area contributed by atoms with Crippen molar-refractivity contribution in [2.75, 3.05) is 13.2 Å². The molecule has 0 atom stereocenters. The zero-order valence-electron chi connectivity index (χ0n) is 10.0. The van der Waals surface area contributed by atoms with Gasteiger partial charge in [-0.1, -0.05) is 12.1 Å². The van der Waals surface area contributed by atoms with E-state index in [4.69, 9.17) is 5.11 Å². The van der Waals surface area contributed by atoms with Gasteiger partial charge in [0, 0.05) is 23.6 Å². The van der Waals surface area contributed by atoms with Crippen LogP contribution in [0.4, 0.5) is 4.39 Å². The Labute approximate surface area is 110 Å². The summed E-state index contributed by atoms with van der Waals surface area (Å²) in [5.41, 5.74) is 1.71. The molecular formula is C14H16FNOS. The quantitative estimate of drug-likeness (QED) is 0.787. The van der Waals surface area contributed by atoms with E-state index in [0.717, 1.165) is 23.4 Å². The van der Waals surface area contributed by atoms with Gasteiger partial charge < -0.3 is 10.4 Å². The molecule has 2 nitrogen and oxygen atoms in total. The number of benzene rings is 1. The van der Waals surface area contributed by atoms with Crippen molar-refractivity contribution in [1.82, 2.24) is 5.32 Å². The highest BCUT2D eigenvalue weighted by atomic mass is 32.1. The van der Waals surface area contributed by atoms with Crippen molar-refractivity contribution in [1.29, 1.82) is 0 Å². The van der Waals surface area contributed by atoms with Gasteiger partial charge in [0.25, 0.3) is 0 Å². The molecule has 2 N–H and O–H groups in total. The van der Waals surface area contributed by atoms with Gasteiger partial charge in [-0.05, 0) is 42.1 Å². The lowest BCUT2D eigenvalue weighted by Crippen LogP contribution is -2.15. The first kappa shape index (κ1) is 13.2. The van der Waals surface area contributed by atoms with Crippen molar-refractivity contribution >= 4 is 11.3 Å². The van der Waals surface area contributed by atoms with Crippen LogP contribution in [0.25, 0.3) is 10.4 Å². The van der Waals surface area contributed by atoms with Crippen molar-refractivity contribution in [3.63, 3.8) is 0 Å². The third-order valence-corrected chi connectivity index (χ3v) is 3.56. The van der Waals surface area contributed by atoms with Crippen molar-refractivity contribution < 1.29 is 9.50 Å². The predicted molar refractivity (Wildman–Crippen MR) is 73.1 cm³/mol. The van der Waals surface area contributed by atoms with Crippen molar-refractivity contribution in [2.45, 2.75) is 13.0 Å². The van der Waals surface area contributed by atoms with Crippen molar-refractivity contribution in [3.8, 4) is 10.4 Å². The normalized spacial score (nSPS) is 10.8. The van der Waals surface area contributed by atoms with Crippen LogP contribution >= 0.6 is 11.3 Å². The molecule has 0 aliphatic heterocycles. The number of aliphatic hydroxyl groups is 1. The molecule has 1 heterocycles. The van der Waals surface area contributed by atoms with E-state index in [-0.39, 0.29) is 12.4 Å². The maximum absolute atomic E-state index is 13.7. The van der Waals surface area contributed by atoms with E-state index in [2.05, 4.69) is 5.32 Å². The second-order valence-electron chi connectivity index (χ2n) is 4.05. The Morgan fingerprint density at radius 2 is 2.17 bits per heavy atom. The maximum Gasteiger partial charge on any atom is 0.131 e. The van der Waals surface area contributed by atoms with Gasteiger partial charge in [-0.15, -0.1) is 11.3 Å². The van der Waals surface area contributed by atoms with E-state index in [1.165, 1.54) is 17.4 Å².